The van der Waals surface area contributed by atoms with Crippen LogP contribution in [0.25, 0.3) is 0 Å². The predicted octanol–water partition coefficient (Wildman–Crippen LogP) is 3.70. The molecule has 0 aliphatic heterocycles. The molecule has 216 valence electrons. The van der Waals surface area contributed by atoms with Gasteiger partial charge < -0.3 is 20.8 Å². The standard InChI is InChI=1S/C28H31ClF2N2O6S/c1-14-6-17-10-20(12-21(14)28(17,37)13-32-26(35)16-7-19(34)8-16)40(38,39)25-9-15(2-4-22(25)29)27(36)33-18-3-5-23(30)24(31)11-18/h2-5,9,11,14,16-17,19-21,34,37H,6-8,10,12-13H2,1H3,(H,32,35)(H,33,36)/t14-,16?,17?,19?,20?,21+,28+/m0/s1. The van der Waals surface area contributed by atoms with Gasteiger partial charge in [-0.3, -0.25) is 9.59 Å². The topological polar surface area (TPSA) is 133 Å². The van der Waals surface area contributed by atoms with Crippen LogP contribution < -0.4 is 10.6 Å². The van der Waals surface area contributed by atoms with E-state index in [2.05, 4.69) is 10.6 Å². The lowest BCUT2D eigenvalue weighted by atomic mass is 9.73. The lowest BCUT2D eigenvalue weighted by Gasteiger charge is -2.43. The Morgan fingerprint density at radius 2 is 1.77 bits per heavy atom. The molecule has 2 aromatic carbocycles. The van der Waals surface area contributed by atoms with Crippen LogP contribution in [0.5, 0.6) is 0 Å². The number of hydrogen-bond donors (Lipinski definition) is 4. The first-order chi connectivity index (χ1) is 18.8. The summed E-state index contributed by atoms with van der Waals surface area (Å²) in [5, 5.41) is 25.4. The number of carbonyl (C=O) groups is 2. The maximum absolute atomic E-state index is 13.8. The van der Waals surface area contributed by atoms with Gasteiger partial charge in [0.25, 0.3) is 5.91 Å². The Balaban J connectivity index is 1.32. The number of anilines is 1. The number of fused-ring (bicyclic) bond motifs is 2. The molecule has 3 aliphatic carbocycles. The molecule has 4 N–H and O–H groups in total. The molecule has 3 aliphatic rings. The zero-order chi connectivity index (χ0) is 29.0. The van der Waals surface area contributed by atoms with E-state index in [9.17, 15) is 37.0 Å². The molecule has 40 heavy (non-hydrogen) atoms. The van der Waals surface area contributed by atoms with Crippen molar-refractivity contribution in [3.05, 3.63) is 58.6 Å². The molecule has 2 aromatic rings. The van der Waals surface area contributed by atoms with Gasteiger partial charge in [0, 0.05) is 29.8 Å². The number of hydrogen-bond acceptors (Lipinski definition) is 6. The van der Waals surface area contributed by atoms with Gasteiger partial charge in [-0.15, -0.1) is 0 Å². The molecule has 5 rings (SSSR count). The molecular formula is C28H31ClF2N2O6S. The van der Waals surface area contributed by atoms with E-state index in [1.807, 2.05) is 6.92 Å². The van der Waals surface area contributed by atoms with Crippen LogP contribution in [-0.4, -0.2) is 53.9 Å². The van der Waals surface area contributed by atoms with Crippen LogP contribution in [-0.2, 0) is 14.6 Å². The smallest absolute Gasteiger partial charge is 0.255 e. The fraction of sp³-hybridized carbons (Fsp3) is 0.500. The second kappa shape index (κ2) is 10.7. The molecule has 0 heterocycles. The van der Waals surface area contributed by atoms with Gasteiger partial charge in [0.2, 0.25) is 5.91 Å². The van der Waals surface area contributed by atoms with Gasteiger partial charge in [-0.1, -0.05) is 18.5 Å². The number of amides is 2. The van der Waals surface area contributed by atoms with E-state index in [4.69, 9.17) is 11.6 Å². The SMILES string of the molecule is C[C@H]1CC2CC(S(=O)(=O)c3cc(C(=O)Nc4ccc(F)c(F)c4)ccc3Cl)C[C@H]1[C@@]2(O)CNC(=O)C1CC(O)C1. The van der Waals surface area contributed by atoms with Gasteiger partial charge >= 0.3 is 0 Å². The zero-order valence-electron chi connectivity index (χ0n) is 21.7. The van der Waals surface area contributed by atoms with Crippen LogP contribution in [0.4, 0.5) is 14.5 Å². The number of aliphatic hydroxyl groups is 2. The van der Waals surface area contributed by atoms with Gasteiger partial charge in [0.15, 0.2) is 21.5 Å². The third-order valence-corrected chi connectivity index (χ3v) is 11.6. The highest BCUT2D eigenvalue weighted by Gasteiger charge is 2.58. The van der Waals surface area contributed by atoms with Crippen LogP contribution in [0, 0.1) is 35.3 Å². The van der Waals surface area contributed by atoms with E-state index in [1.165, 1.54) is 24.3 Å². The van der Waals surface area contributed by atoms with Gasteiger partial charge in [-0.25, -0.2) is 17.2 Å². The van der Waals surface area contributed by atoms with Gasteiger partial charge in [0.1, 0.15) is 0 Å². The Hall–Kier alpha value is -2.60. The first-order valence-electron chi connectivity index (χ1n) is 13.3. The van der Waals surface area contributed by atoms with E-state index < -0.39 is 44.3 Å². The predicted molar refractivity (Wildman–Crippen MR) is 143 cm³/mol. The molecule has 2 bridgehead atoms. The summed E-state index contributed by atoms with van der Waals surface area (Å²) >= 11 is 6.30. The van der Waals surface area contributed by atoms with Crippen molar-refractivity contribution < 1.29 is 37.0 Å². The van der Waals surface area contributed by atoms with E-state index in [1.54, 1.807) is 0 Å². The average molecular weight is 597 g/mol. The second-order valence-corrected chi connectivity index (χ2v) is 14.0. The monoisotopic (exact) mass is 596 g/mol. The number of nitrogens with one attached hydrogen (secondary N) is 2. The summed E-state index contributed by atoms with van der Waals surface area (Å²) in [4.78, 5) is 25.0. The van der Waals surface area contributed by atoms with Crippen LogP contribution in [0.3, 0.4) is 0 Å². The van der Waals surface area contributed by atoms with Crippen molar-refractivity contribution >= 4 is 38.9 Å². The maximum Gasteiger partial charge on any atom is 0.255 e. The molecule has 2 unspecified atom stereocenters. The highest BCUT2D eigenvalue weighted by molar-refractivity contribution is 7.92. The normalized spacial score (nSPS) is 31.4. The molecule has 0 aromatic heterocycles. The van der Waals surface area contributed by atoms with Crippen molar-refractivity contribution in [2.24, 2.45) is 23.7 Å². The van der Waals surface area contributed by atoms with Crippen molar-refractivity contribution in [2.45, 2.75) is 60.9 Å². The average Bonchev–Trinajstić information content (AvgIpc) is 3.00. The minimum absolute atomic E-state index is 0.000893. The number of carbonyl (C=O) groups excluding carboxylic acids is 2. The van der Waals surface area contributed by atoms with E-state index in [-0.39, 0.29) is 70.1 Å². The maximum atomic E-state index is 13.8. The van der Waals surface area contributed by atoms with Crippen LogP contribution in [0.1, 0.15) is 49.4 Å². The Kier molecular flexibility index (Phi) is 7.71. The van der Waals surface area contributed by atoms with Crippen molar-refractivity contribution in [1.29, 1.82) is 0 Å². The number of benzene rings is 2. The van der Waals surface area contributed by atoms with Gasteiger partial charge in [-0.2, -0.15) is 0 Å². The van der Waals surface area contributed by atoms with Crippen LogP contribution in [0.15, 0.2) is 41.3 Å². The third kappa shape index (κ3) is 5.24. The summed E-state index contributed by atoms with van der Waals surface area (Å²) in [6, 6.07) is 6.68. The summed E-state index contributed by atoms with van der Waals surface area (Å²) in [6.45, 7) is 1.98. The highest BCUT2D eigenvalue weighted by Crippen LogP contribution is 2.54. The lowest BCUT2D eigenvalue weighted by molar-refractivity contribution is -0.134. The first-order valence-corrected chi connectivity index (χ1v) is 15.2. The summed E-state index contributed by atoms with van der Waals surface area (Å²) < 4.78 is 54.4. The van der Waals surface area contributed by atoms with Crippen LogP contribution in [0.2, 0.25) is 5.02 Å². The van der Waals surface area contributed by atoms with Crippen LogP contribution >= 0.6 is 11.6 Å². The first kappa shape index (κ1) is 28.9. The molecule has 3 saturated carbocycles. The molecule has 8 nitrogen and oxygen atoms in total. The fourth-order valence-corrected chi connectivity index (χ4v) is 8.95. The number of sulfone groups is 1. The largest absolute Gasteiger partial charge is 0.393 e. The third-order valence-electron chi connectivity index (χ3n) is 8.90. The Labute approximate surface area is 236 Å². The Morgan fingerprint density at radius 3 is 2.42 bits per heavy atom. The molecule has 12 heteroatoms. The molecule has 3 fully saturated rings. The molecule has 0 radical (unpaired) electrons. The Morgan fingerprint density at radius 1 is 1.05 bits per heavy atom. The van der Waals surface area contributed by atoms with Crippen molar-refractivity contribution in [2.75, 3.05) is 11.9 Å². The molecule has 0 spiro atoms. The molecule has 5 atom stereocenters. The summed E-state index contributed by atoms with van der Waals surface area (Å²) in [6.07, 6.45) is 1.25. The van der Waals surface area contributed by atoms with Crippen molar-refractivity contribution in [3.8, 4) is 0 Å². The van der Waals surface area contributed by atoms with Gasteiger partial charge in [0.05, 0.1) is 26.9 Å². The van der Waals surface area contributed by atoms with E-state index in [0.717, 1.165) is 12.1 Å². The minimum Gasteiger partial charge on any atom is -0.393 e. The summed E-state index contributed by atoms with van der Waals surface area (Å²) in [5.74, 6) is -4.14. The Bertz CT molecular complexity index is 1450. The zero-order valence-corrected chi connectivity index (χ0v) is 23.3. The number of halogens is 3. The fourth-order valence-electron chi connectivity index (χ4n) is 6.57. The van der Waals surface area contributed by atoms with Crippen molar-refractivity contribution in [1.82, 2.24) is 5.32 Å². The quantitative estimate of drug-likeness (QED) is 0.385. The van der Waals surface area contributed by atoms with E-state index >= 15 is 0 Å². The highest BCUT2D eigenvalue weighted by atomic mass is 35.5. The second-order valence-electron chi connectivity index (χ2n) is 11.4. The van der Waals surface area contributed by atoms with Gasteiger partial charge in [-0.05, 0) is 80.2 Å². The number of aliphatic hydroxyl groups excluding tert-OH is 1. The molecule has 0 saturated heterocycles. The minimum atomic E-state index is -4.03. The summed E-state index contributed by atoms with van der Waals surface area (Å²) in [5.41, 5.74) is -1.28. The van der Waals surface area contributed by atoms with Crippen molar-refractivity contribution in [3.63, 3.8) is 0 Å². The number of rotatable bonds is 7. The lowest BCUT2D eigenvalue weighted by Crippen LogP contribution is -2.56. The van der Waals surface area contributed by atoms with E-state index in [0.29, 0.717) is 19.3 Å². The summed E-state index contributed by atoms with van der Waals surface area (Å²) in [7, 11) is -4.03. The molecular weight excluding hydrogens is 566 g/mol. The molecule has 2 amide bonds.